The van der Waals surface area contributed by atoms with Crippen LogP contribution < -0.4 is 5.73 Å². The van der Waals surface area contributed by atoms with Crippen LogP contribution in [0.4, 0.5) is 0 Å². The van der Waals surface area contributed by atoms with Gasteiger partial charge in [-0.3, -0.25) is 4.90 Å². The fourth-order valence-corrected chi connectivity index (χ4v) is 3.50. The second-order valence-corrected chi connectivity index (χ2v) is 6.42. The highest BCUT2D eigenvalue weighted by atomic mass is 15.2. The Morgan fingerprint density at radius 1 is 1.15 bits per heavy atom. The molecule has 1 aromatic rings. The minimum Gasteiger partial charge on any atom is -0.328 e. The van der Waals surface area contributed by atoms with E-state index in [1.54, 1.807) is 0 Å². The van der Waals surface area contributed by atoms with Crippen LogP contribution in [0.1, 0.15) is 62.3 Å². The van der Waals surface area contributed by atoms with Gasteiger partial charge in [-0.2, -0.15) is 0 Å². The van der Waals surface area contributed by atoms with Crippen LogP contribution in [-0.4, -0.2) is 23.5 Å². The lowest BCUT2D eigenvalue weighted by Crippen LogP contribution is -2.42. The van der Waals surface area contributed by atoms with Crippen LogP contribution in [0.2, 0.25) is 0 Å². The van der Waals surface area contributed by atoms with Crippen LogP contribution in [-0.2, 0) is 0 Å². The Morgan fingerprint density at radius 3 is 2.35 bits per heavy atom. The quantitative estimate of drug-likeness (QED) is 0.900. The van der Waals surface area contributed by atoms with Crippen molar-refractivity contribution in [1.82, 2.24) is 4.90 Å². The molecule has 1 fully saturated rings. The number of aryl methyl sites for hydroxylation is 2. The van der Waals surface area contributed by atoms with E-state index in [-0.39, 0.29) is 0 Å². The van der Waals surface area contributed by atoms with Gasteiger partial charge in [-0.25, -0.2) is 0 Å². The Balaban J connectivity index is 2.11. The summed E-state index contributed by atoms with van der Waals surface area (Å²) in [7, 11) is 0. The minimum absolute atomic E-state index is 0.432. The van der Waals surface area contributed by atoms with E-state index in [1.165, 1.54) is 42.4 Å². The smallest absolute Gasteiger partial charge is 0.0322 e. The average molecular weight is 274 g/mol. The topological polar surface area (TPSA) is 29.3 Å². The summed E-state index contributed by atoms with van der Waals surface area (Å²) in [4.78, 5) is 2.66. The molecule has 2 heteroatoms. The largest absolute Gasteiger partial charge is 0.328 e. The minimum atomic E-state index is 0.432. The number of hydrogen-bond acceptors (Lipinski definition) is 2. The predicted octanol–water partition coefficient (Wildman–Crippen LogP) is 3.96. The molecule has 0 spiro atoms. The maximum atomic E-state index is 6.04. The van der Waals surface area contributed by atoms with Gasteiger partial charge in [-0.05, 0) is 69.7 Å². The average Bonchev–Trinajstić information content (AvgIpc) is 2.44. The molecule has 0 amide bonds. The summed E-state index contributed by atoms with van der Waals surface area (Å²) in [5.74, 6) is 0. The summed E-state index contributed by atoms with van der Waals surface area (Å²) in [6.45, 7) is 10.1. The van der Waals surface area contributed by atoms with Crippen molar-refractivity contribution in [3.05, 3.63) is 34.9 Å². The van der Waals surface area contributed by atoms with Gasteiger partial charge in [0.25, 0.3) is 0 Å². The summed E-state index contributed by atoms with van der Waals surface area (Å²) in [5.41, 5.74) is 10.3. The van der Waals surface area contributed by atoms with Crippen LogP contribution in [0.3, 0.4) is 0 Å². The maximum Gasteiger partial charge on any atom is 0.0322 e. The van der Waals surface area contributed by atoms with E-state index in [4.69, 9.17) is 5.73 Å². The van der Waals surface area contributed by atoms with Crippen molar-refractivity contribution >= 4 is 0 Å². The molecule has 1 unspecified atom stereocenters. The lowest BCUT2D eigenvalue weighted by molar-refractivity contribution is 0.114. The third-order valence-electron chi connectivity index (χ3n) is 5.09. The molecule has 0 aliphatic heterocycles. The van der Waals surface area contributed by atoms with Gasteiger partial charge in [-0.1, -0.05) is 25.1 Å². The number of benzene rings is 1. The van der Waals surface area contributed by atoms with E-state index in [2.05, 4.69) is 50.8 Å². The monoisotopic (exact) mass is 274 g/mol. The summed E-state index contributed by atoms with van der Waals surface area (Å²) in [6, 6.07) is 8.55. The number of rotatable bonds is 4. The van der Waals surface area contributed by atoms with Gasteiger partial charge in [0.05, 0.1) is 0 Å². The summed E-state index contributed by atoms with van der Waals surface area (Å²) < 4.78 is 0. The van der Waals surface area contributed by atoms with Crippen LogP contribution in [0.25, 0.3) is 0 Å². The molecule has 1 aromatic carbocycles. The molecular formula is C18H30N2. The van der Waals surface area contributed by atoms with Gasteiger partial charge in [-0.15, -0.1) is 0 Å². The van der Waals surface area contributed by atoms with E-state index in [9.17, 15) is 0 Å². The highest BCUT2D eigenvalue weighted by Gasteiger charge is 2.27. The molecule has 2 nitrogen and oxygen atoms in total. The van der Waals surface area contributed by atoms with Gasteiger partial charge in [0.2, 0.25) is 0 Å². The Hall–Kier alpha value is -0.860. The lowest BCUT2D eigenvalue weighted by Gasteiger charge is -2.39. The third kappa shape index (κ3) is 3.42. The Bertz CT molecular complexity index is 433. The van der Waals surface area contributed by atoms with Crippen LogP contribution in [0.5, 0.6) is 0 Å². The van der Waals surface area contributed by atoms with Gasteiger partial charge < -0.3 is 5.73 Å². The first-order valence-electron chi connectivity index (χ1n) is 8.11. The van der Waals surface area contributed by atoms with E-state index < -0.39 is 0 Å². The van der Waals surface area contributed by atoms with Gasteiger partial charge in [0.15, 0.2) is 0 Å². The normalized spacial score (nSPS) is 24.9. The fourth-order valence-electron chi connectivity index (χ4n) is 3.50. The van der Waals surface area contributed by atoms with Crippen molar-refractivity contribution in [1.29, 1.82) is 0 Å². The van der Waals surface area contributed by atoms with Gasteiger partial charge >= 0.3 is 0 Å². The van der Waals surface area contributed by atoms with Crippen LogP contribution in [0.15, 0.2) is 18.2 Å². The van der Waals surface area contributed by atoms with Crippen molar-refractivity contribution < 1.29 is 0 Å². The Labute approximate surface area is 124 Å². The van der Waals surface area contributed by atoms with Crippen LogP contribution in [0, 0.1) is 13.8 Å². The number of nitrogens with two attached hydrogens (primary N) is 1. The van der Waals surface area contributed by atoms with E-state index >= 15 is 0 Å². The first-order valence-corrected chi connectivity index (χ1v) is 8.11. The Kier molecular flexibility index (Phi) is 5.22. The van der Waals surface area contributed by atoms with E-state index in [0.717, 1.165) is 6.54 Å². The zero-order valence-electron chi connectivity index (χ0n) is 13.5. The van der Waals surface area contributed by atoms with Crippen molar-refractivity contribution in [2.24, 2.45) is 5.73 Å². The summed E-state index contributed by atoms with van der Waals surface area (Å²) >= 11 is 0. The van der Waals surface area contributed by atoms with Gasteiger partial charge in [0.1, 0.15) is 0 Å². The maximum absolute atomic E-state index is 6.04. The molecule has 1 atom stereocenters. The first-order chi connectivity index (χ1) is 9.52. The van der Waals surface area contributed by atoms with Crippen molar-refractivity contribution in [2.45, 2.75) is 71.5 Å². The van der Waals surface area contributed by atoms with Gasteiger partial charge in [0, 0.05) is 18.1 Å². The Morgan fingerprint density at radius 2 is 1.80 bits per heavy atom. The van der Waals surface area contributed by atoms with Crippen molar-refractivity contribution in [3.63, 3.8) is 0 Å². The fraction of sp³-hybridized carbons (Fsp3) is 0.667. The van der Waals surface area contributed by atoms with Crippen molar-refractivity contribution in [2.75, 3.05) is 6.54 Å². The molecule has 2 rings (SSSR count). The molecular weight excluding hydrogens is 244 g/mol. The second kappa shape index (κ2) is 6.73. The summed E-state index contributed by atoms with van der Waals surface area (Å²) in [6.07, 6.45) is 4.87. The van der Waals surface area contributed by atoms with E-state index in [0.29, 0.717) is 18.1 Å². The molecule has 1 aliphatic rings. The molecule has 1 aliphatic carbocycles. The molecule has 20 heavy (non-hydrogen) atoms. The molecule has 0 bridgehead atoms. The zero-order chi connectivity index (χ0) is 14.7. The molecule has 2 N–H and O–H groups in total. The summed E-state index contributed by atoms with van der Waals surface area (Å²) in [5, 5.41) is 0. The molecule has 0 saturated heterocycles. The second-order valence-electron chi connectivity index (χ2n) is 6.42. The number of hydrogen-bond donors (Lipinski definition) is 1. The number of nitrogens with zero attached hydrogens (tertiary/aromatic N) is 1. The molecule has 0 aromatic heterocycles. The third-order valence-corrected chi connectivity index (χ3v) is 5.09. The molecule has 0 radical (unpaired) electrons. The predicted molar refractivity (Wildman–Crippen MR) is 86.9 cm³/mol. The highest BCUT2D eigenvalue weighted by Crippen LogP contribution is 2.30. The van der Waals surface area contributed by atoms with Crippen molar-refractivity contribution in [3.8, 4) is 0 Å². The highest BCUT2D eigenvalue weighted by molar-refractivity contribution is 5.31. The first kappa shape index (κ1) is 15.5. The standard InChI is InChI=1S/C18H30N2/c1-5-20(18-10-8-17(19)9-11-18)15(4)16-7-6-13(2)14(3)12-16/h6-7,12,15,17-18H,5,8-11,19H2,1-4H3. The lowest BCUT2D eigenvalue weighted by atomic mass is 9.89. The molecule has 0 heterocycles. The SMILES string of the molecule is CCN(C1CCC(N)CC1)C(C)c1ccc(C)c(C)c1. The molecule has 112 valence electrons. The zero-order valence-corrected chi connectivity index (χ0v) is 13.5. The van der Waals surface area contributed by atoms with E-state index in [1.807, 2.05) is 0 Å². The van der Waals surface area contributed by atoms with Crippen LogP contribution >= 0.6 is 0 Å². The molecule has 1 saturated carbocycles.